The first-order chi connectivity index (χ1) is 6.98. The molecule has 1 aromatic rings. The number of hydrogen-bond donors (Lipinski definition) is 0. The van der Waals surface area contributed by atoms with Gasteiger partial charge in [-0.05, 0) is 29.0 Å². The van der Waals surface area contributed by atoms with Crippen molar-refractivity contribution in [2.45, 2.75) is 33.6 Å². The molecule has 0 saturated carbocycles. The minimum atomic E-state index is 0.272. The summed E-state index contributed by atoms with van der Waals surface area (Å²) in [6.45, 7) is 9.35. The summed E-state index contributed by atoms with van der Waals surface area (Å²) >= 11 is 0. The molecular weight excluding hydrogens is 188 g/mol. The standard InChI is InChI=1S/C13H18O2/c1-9(13(2,3)4)10-5-6-11-12(7-10)15-8-14-11/h5-7,9H,8H2,1-4H3. The van der Waals surface area contributed by atoms with Crippen molar-refractivity contribution in [2.24, 2.45) is 5.41 Å². The molecule has 1 heterocycles. The van der Waals surface area contributed by atoms with Crippen LogP contribution in [0.3, 0.4) is 0 Å². The number of benzene rings is 1. The summed E-state index contributed by atoms with van der Waals surface area (Å²) in [6.07, 6.45) is 0. The van der Waals surface area contributed by atoms with Crippen molar-refractivity contribution in [1.29, 1.82) is 0 Å². The molecule has 0 spiro atoms. The van der Waals surface area contributed by atoms with E-state index < -0.39 is 0 Å². The molecule has 2 heteroatoms. The van der Waals surface area contributed by atoms with E-state index in [0.29, 0.717) is 12.7 Å². The Kier molecular flexibility index (Phi) is 2.37. The van der Waals surface area contributed by atoms with Gasteiger partial charge in [-0.15, -0.1) is 0 Å². The van der Waals surface area contributed by atoms with E-state index in [-0.39, 0.29) is 5.41 Å². The third kappa shape index (κ3) is 1.94. The fraction of sp³-hybridized carbons (Fsp3) is 0.538. The van der Waals surface area contributed by atoms with Gasteiger partial charge >= 0.3 is 0 Å². The minimum absolute atomic E-state index is 0.272. The molecule has 1 aliphatic rings. The Morgan fingerprint density at radius 1 is 1.13 bits per heavy atom. The van der Waals surface area contributed by atoms with Gasteiger partial charge in [-0.25, -0.2) is 0 Å². The van der Waals surface area contributed by atoms with Crippen molar-refractivity contribution in [3.05, 3.63) is 23.8 Å². The fourth-order valence-corrected chi connectivity index (χ4v) is 1.68. The highest BCUT2D eigenvalue weighted by Gasteiger charge is 2.23. The van der Waals surface area contributed by atoms with E-state index in [1.165, 1.54) is 5.56 Å². The summed E-state index contributed by atoms with van der Waals surface area (Å²) in [5.74, 6) is 2.25. The predicted octanol–water partition coefficient (Wildman–Crippen LogP) is 3.56. The van der Waals surface area contributed by atoms with Crippen molar-refractivity contribution >= 4 is 0 Å². The minimum Gasteiger partial charge on any atom is -0.454 e. The lowest BCUT2D eigenvalue weighted by atomic mass is 9.78. The molecule has 0 aliphatic carbocycles. The summed E-state index contributed by atoms with van der Waals surface area (Å²) in [4.78, 5) is 0. The third-order valence-electron chi connectivity index (χ3n) is 3.20. The molecular formula is C13H18O2. The smallest absolute Gasteiger partial charge is 0.231 e. The van der Waals surface area contributed by atoms with Gasteiger partial charge in [-0.1, -0.05) is 33.8 Å². The Bertz CT molecular complexity index is 363. The van der Waals surface area contributed by atoms with Gasteiger partial charge in [-0.2, -0.15) is 0 Å². The van der Waals surface area contributed by atoms with E-state index in [2.05, 4.69) is 39.8 Å². The van der Waals surface area contributed by atoms with Gasteiger partial charge < -0.3 is 9.47 Å². The molecule has 2 rings (SSSR count). The monoisotopic (exact) mass is 206 g/mol. The molecule has 1 unspecified atom stereocenters. The predicted molar refractivity (Wildman–Crippen MR) is 60.4 cm³/mol. The van der Waals surface area contributed by atoms with E-state index in [9.17, 15) is 0 Å². The van der Waals surface area contributed by atoms with Gasteiger partial charge in [0, 0.05) is 0 Å². The lowest BCUT2D eigenvalue weighted by molar-refractivity contribution is 0.174. The summed E-state index contributed by atoms with van der Waals surface area (Å²) in [5, 5.41) is 0. The maximum absolute atomic E-state index is 5.38. The van der Waals surface area contributed by atoms with Crippen LogP contribution in [-0.4, -0.2) is 6.79 Å². The first-order valence-electron chi connectivity index (χ1n) is 5.38. The molecule has 0 radical (unpaired) electrons. The van der Waals surface area contributed by atoms with Crippen LogP contribution in [0.5, 0.6) is 11.5 Å². The van der Waals surface area contributed by atoms with Crippen LogP contribution in [0.15, 0.2) is 18.2 Å². The Labute approximate surface area is 91.2 Å². The topological polar surface area (TPSA) is 18.5 Å². The molecule has 1 atom stereocenters. The van der Waals surface area contributed by atoms with Crippen LogP contribution in [0.25, 0.3) is 0 Å². The summed E-state index contributed by atoms with van der Waals surface area (Å²) in [5.41, 5.74) is 1.58. The molecule has 0 amide bonds. The van der Waals surface area contributed by atoms with Crippen molar-refractivity contribution in [2.75, 3.05) is 6.79 Å². The zero-order valence-electron chi connectivity index (χ0n) is 9.83. The van der Waals surface area contributed by atoms with Crippen LogP contribution in [0.1, 0.15) is 39.2 Å². The van der Waals surface area contributed by atoms with Crippen molar-refractivity contribution < 1.29 is 9.47 Å². The Hall–Kier alpha value is -1.18. The molecule has 0 bridgehead atoms. The molecule has 82 valence electrons. The molecule has 1 aliphatic heterocycles. The number of fused-ring (bicyclic) bond motifs is 1. The van der Waals surface area contributed by atoms with Gasteiger partial charge in [-0.3, -0.25) is 0 Å². The number of hydrogen-bond acceptors (Lipinski definition) is 2. The van der Waals surface area contributed by atoms with Crippen LogP contribution in [0.4, 0.5) is 0 Å². The Morgan fingerprint density at radius 2 is 1.80 bits per heavy atom. The van der Waals surface area contributed by atoms with Crippen LogP contribution in [0.2, 0.25) is 0 Å². The average Bonchev–Trinajstić information content (AvgIpc) is 2.61. The van der Waals surface area contributed by atoms with E-state index in [4.69, 9.17) is 9.47 Å². The molecule has 1 aromatic carbocycles. The summed E-state index contributed by atoms with van der Waals surface area (Å²) in [7, 11) is 0. The lowest BCUT2D eigenvalue weighted by Gasteiger charge is -2.27. The maximum Gasteiger partial charge on any atom is 0.231 e. The highest BCUT2D eigenvalue weighted by Crippen LogP contribution is 2.39. The molecule has 0 fully saturated rings. The number of rotatable bonds is 1. The third-order valence-corrected chi connectivity index (χ3v) is 3.20. The first-order valence-corrected chi connectivity index (χ1v) is 5.38. The van der Waals surface area contributed by atoms with Crippen LogP contribution in [-0.2, 0) is 0 Å². The van der Waals surface area contributed by atoms with Crippen molar-refractivity contribution in [3.8, 4) is 11.5 Å². The fourth-order valence-electron chi connectivity index (χ4n) is 1.68. The highest BCUT2D eigenvalue weighted by molar-refractivity contribution is 5.45. The van der Waals surface area contributed by atoms with Crippen LogP contribution >= 0.6 is 0 Å². The molecule has 0 saturated heterocycles. The second-order valence-corrected chi connectivity index (χ2v) is 5.20. The van der Waals surface area contributed by atoms with Crippen LogP contribution < -0.4 is 9.47 Å². The van der Waals surface area contributed by atoms with Gasteiger partial charge in [0.25, 0.3) is 0 Å². The summed E-state index contributed by atoms with van der Waals surface area (Å²) in [6, 6.07) is 6.22. The van der Waals surface area contributed by atoms with Gasteiger partial charge in [0.15, 0.2) is 11.5 Å². The molecule has 0 N–H and O–H groups in total. The van der Waals surface area contributed by atoms with E-state index >= 15 is 0 Å². The van der Waals surface area contributed by atoms with Gasteiger partial charge in [0.2, 0.25) is 6.79 Å². The normalized spacial score (nSPS) is 16.5. The molecule has 0 aromatic heterocycles. The van der Waals surface area contributed by atoms with Crippen molar-refractivity contribution in [1.82, 2.24) is 0 Å². The lowest BCUT2D eigenvalue weighted by Crippen LogP contribution is -2.15. The summed E-state index contributed by atoms with van der Waals surface area (Å²) < 4.78 is 10.7. The van der Waals surface area contributed by atoms with Gasteiger partial charge in [0.1, 0.15) is 0 Å². The zero-order chi connectivity index (χ0) is 11.1. The second-order valence-electron chi connectivity index (χ2n) is 5.20. The largest absolute Gasteiger partial charge is 0.454 e. The average molecular weight is 206 g/mol. The Balaban J connectivity index is 2.31. The van der Waals surface area contributed by atoms with Crippen molar-refractivity contribution in [3.63, 3.8) is 0 Å². The first kappa shape index (κ1) is 10.3. The quantitative estimate of drug-likeness (QED) is 0.699. The molecule has 2 nitrogen and oxygen atoms in total. The van der Waals surface area contributed by atoms with Crippen LogP contribution in [0, 0.1) is 5.41 Å². The van der Waals surface area contributed by atoms with Gasteiger partial charge in [0.05, 0.1) is 0 Å². The highest BCUT2D eigenvalue weighted by atomic mass is 16.7. The van der Waals surface area contributed by atoms with E-state index in [0.717, 1.165) is 11.5 Å². The maximum atomic E-state index is 5.38. The van der Waals surface area contributed by atoms with E-state index in [1.54, 1.807) is 0 Å². The Morgan fingerprint density at radius 3 is 2.47 bits per heavy atom. The number of ether oxygens (including phenoxy) is 2. The molecule has 15 heavy (non-hydrogen) atoms. The zero-order valence-corrected chi connectivity index (χ0v) is 9.83. The second kappa shape index (κ2) is 3.44. The SMILES string of the molecule is CC(c1ccc2c(c1)OCO2)C(C)(C)C. The van der Waals surface area contributed by atoms with E-state index in [1.807, 2.05) is 6.07 Å².